The summed E-state index contributed by atoms with van der Waals surface area (Å²) in [6.07, 6.45) is 2.92. The third kappa shape index (κ3) is 4.34. The van der Waals surface area contributed by atoms with E-state index in [4.69, 9.17) is 0 Å². The first-order valence-electron chi connectivity index (χ1n) is 6.63. The summed E-state index contributed by atoms with van der Waals surface area (Å²) in [5.74, 6) is 0. The van der Waals surface area contributed by atoms with Crippen molar-refractivity contribution in [2.45, 2.75) is 17.7 Å². The normalized spacial score (nSPS) is 11.3. The van der Waals surface area contributed by atoms with Crippen LogP contribution in [0.25, 0.3) is 0 Å². The van der Waals surface area contributed by atoms with Crippen molar-refractivity contribution in [3.05, 3.63) is 64.5 Å². The van der Waals surface area contributed by atoms with E-state index in [1.54, 1.807) is 6.20 Å². The van der Waals surface area contributed by atoms with E-state index in [1.165, 1.54) is 18.2 Å². The van der Waals surface area contributed by atoms with Crippen molar-refractivity contribution in [3.8, 4) is 0 Å². The highest BCUT2D eigenvalue weighted by molar-refractivity contribution is 7.89. The van der Waals surface area contributed by atoms with Gasteiger partial charge >= 0.3 is 0 Å². The molecule has 116 valence electrons. The minimum Gasteiger partial charge on any atom is -0.261 e. The molecule has 0 aliphatic rings. The molecule has 0 atom stereocenters. The molecule has 1 N–H and O–H groups in total. The highest BCUT2D eigenvalue weighted by Crippen LogP contribution is 2.17. The number of hydrogen-bond acceptors (Lipinski definition) is 5. The molecule has 2 aromatic rings. The Labute approximate surface area is 128 Å². The average molecular weight is 321 g/mol. The second-order valence-corrected chi connectivity index (χ2v) is 6.34. The van der Waals surface area contributed by atoms with E-state index < -0.39 is 14.9 Å². The molecule has 7 nitrogen and oxygen atoms in total. The second-order valence-electron chi connectivity index (χ2n) is 4.58. The van der Waals surface area contributed by atoms with Gasteiger partial charge in [-0.05, 0) is 31.0 Å². The molecule has 0 aliphatic carbocycles. The maximum absolute atomic E-state index is 12.1. The van der Waals surface area contributed by atoms with Crippen molar-refractivity contribution in [1.82, 2.24) is 9.71 Å². The Kier molecular flexibility index (Phi) is 5.18. The Hall–Kier alpha value is -2.32. The smallest absolute Gasteiger partial charge is 0.261 e. The summed E-state index contributed by atoms with van der Waals surface area (Å²) in [5.41, 5.74) is 0.633. The number of nitrogens with zero attached hydrogens (tertiary/aromatic N) is 2. The summed E-state index contributed by atoms with van der Waals surface area (Å²) >= 11 is 0. The van der Waals surface area contributed by atoms with Gasteiger partial charge in [0.15, 0.2) is 0 Å². The van der Waals surface area contributed by atoms with Crippen molar-refractivity contribution in [3.63, 3.8) is 0 Å². The molecule has 1 aromatic carbocycles. The van der Waals surface area contributed by atoms with Crippen molar-refractivity contribution in [2.24, 2.45) is 0 Å². The summed E-state index contributed by atoms with van der Waals surface area (Å²) in [7, 11) is -3.75. The first-order valence-corrected chi connectivity index (χ1v) is 8.11. The van der Waals surface area contributed by atoms with E-state index in [0.29, 0.717) is 12.8 Å². The number of pyridine rings is 1. The number of sulfonamides is 1. The predicted molar refractivity (Wildman–Crippen MR) is 80.8 cm³/mol. The van der Waals surface area contributed by atoms with Crippen LogP contribution in [0.5, 0.6) is 0 Å². The molecule has 22 heavy (non-hydrogen) atoms. The fourth-order valence-corrected chi connectivity index (χ4v) is 2.98. The Morgan fingerprint density at radius 1 is 1.18 bits per heavy atom. The van der Waals surface area contributed by atoms with Crippen molar-refractivity contribution in [1.29, 1.82) is 0 Å². The molecule has 1 heterocycles. The van der Waals surface area contributed by atoms with Crippen LogP contribution in [-0.4, -0.2) is 24.9 Å². The number of nitro benzene ring substituents is 1. The van der Waals surface area contributed by atoms with Crippen LogP contribution in [0.3, 0.4) is 0 Å². The minimum absolute atomic E-state index is 0.112. The lowest BCUT2D eigenvalue weighted by Gasteiger charge is -2.06. The summed E-state index contributed by atoms with van der Waals surface area (Å²) in [5, 5.41) is 10.7. The summed E-state index contributed by atoms with van der Waals surface area (Å²) in [6.45, 7) is 0.238. The zero-order valence-corrected chi connectivity index (χ0v) is 12.5. The fraction of sp³-hybridized carbons (Fsp3) is 0.214. The number of hydrogen-bond donors (Lipinski definition) is 1. The molecule has 8 heteroatoms. The molecule has 0 saturated heterocycles. The van der Waals surface area contributed by atoms with Gasteiger partial charge in [-0.1, -0.05) is 12.1 Å². The lowest BCUT2D eigenvalue weighted by Crippen LogP contribution is -2.25. The minimum atomic E-state index is -3.75. The summed E-state index contributed by atoms with van der Waals surface area (Å²) in [4.78, 5) is 14.1. The predicted octanol–water partition coefficient (Wildman–Crippen LogP) is 1.90. The van der Waals surface area contributed by atoms with Gasteiger partial charge in [-0.3, -0.25) is 15.1 Å². The number of non-ortho nitro benzene ring substituents is 1. The van der Waals surface area contributed by atoms with Crippen LogP contribution >= 0.6 is 0 Å². The van der Waals surface area contributed by atoms with Gasteiger partial charge in [-0.15, -0.1) is 0 Å². The number of aromatic nitrogens is 1. The van der Waals surface area contributed by atoms with Gasteiger partial charge in [-0.25, -0.2) is 13.1 Å². The van der Waals surface area contributed by atoms with E-state index >= 15 is 0 Å². The van der Waals surface area contributed by atoms with Crippen LogP contribution in [0.1, 0.15) is 12.1 Å². The summed E-state index contributed by atoms with van der Waals surface area (Å²) in [6, 6.07) is 10.5. The molecule has 0 amide bonds. The van der Waals surface area contributed by atoms with Crippen molar-refractivity contribution < 1.29 is 13.3 Å². The molecule has 0 bridgehead atoms. The molecule has 1 aromatic heterocycles. The first kappa shape index (κ1) is 16.1. The van der Waals surface area contributed by atoms with E-state index in [1.807, 2.05) is 18.2 Å². The number of benzene rings is 1. The Balaban J connectivity index is 1.94. The highest BCUT2D eigenvalue weighted by atomic mass is 32.2. The molecular weight excluding hydrogens is 306 g/mol. The van der Waals surface area contributed by atoms with Crippen LogP contribution in [0, 0.1) is 10.1 Å². The Bertz CT molecular complexity index is 748. The van der Waals surface area contributed by atoms with Gasteiger partial charge in [0, 0.05) is 30.6 Å². The maximum atomic E-state index is 12.1. The molecule has 0 fully saturated rings. The first-order chi connectivity index (χ1) is 10.5. The molecule has 0 aliphatic heterocycles. The van der Waals surface area contributed by atoms with Crippen LogP contribution in [-0.2, 0) is 16.4 Å². The van der Waals surface area contributed by atoms with E-state index in [0.717, 1.165) is 11.8 Å². The molecule has 0 saturated carbocycles. The quantitative estimate of drug-likeness (QED) is 0.476. The van der Waals surface area contributed by atoms with Gasteiger partial charge in [0.1, 0.15) is 0 Å². The third-order valence-electron chi connectivity index (χ3n) is 2.97. The second kappa shape index (κ2) is 7.10. The average Bonchev–Trinajstić information content (AvgIpc) is 2.53. The van der Waals surface area contributed by atoms with E-state index in [9.17, 15) is 18.5 Å². The lowest BCUT2D eigenvalue weighted by atomic mass is 10.2. The largest absolute Gasteiger partial charge is 0.270 e. The van der Waals surface area contributed by atoms with Gasteiger partial charge in [0.25, 0.3) is 5.69 Å². The Morgan fingerprint density at radius 2 is 2.00 bits per heavy atom. The lowest BCUT2D eigenvalue weighted by molar-refractivity contribution is -0.385. The third-order valence-corrected chi connectivity index (χ3v) is 4.43. The fourth-order valence-electron chi connectivity index (χ4n) is 1.87. The van der Waals surface area contributed by atoms with E-state index in [-0.39, 0.29) is 17.1 Å². The van der Waals surface area contributed by atoms with Crippen LogP contribution in [0.15, 0.2) is 53.6 Å². The summed E-state index contributed by atoms with van der Waals surface area (Å²) < 4.78 is 26.6. The zero-order chi connectivity index (χ0) is 16.0. The topological polar surface area (TPSA) is 102 Å². The SMILES string of the molecule is O=[N+]([O-])c1cccc(S(=O)(=O)NCCCc2ccccn2)c1. The Morgan fingerprint density at radius 3 is 2.68 bits per heavy atom. The van der Waals surface area contributed by atoms with Crippen molar-refractivity contribution >= 4 is 15.7 Å². The molecule has 0 radical (unpaired) electrons. The van der Waals surface area contributed by atoms with Crippen molar-refractivity contribution in [2.75, 3.05) is 6.54 Å². The number of nitro groups is 1. The van der Waals surface area contributed by atoms with Gasteiger partial charge in [-0.2, -0.15) is 0 Å². The van der Waals surface area contributed by atoms with Crippen LogP contribution in [0.4, 0.5) is 5.69 Å². The van der Waals surface area contributed by atoms with Gasteiger partial charge < -0.3 is 0 Å². The molecule has 0 spiro atoms. The highest BCUT2D eigenvalue weighted by Gasteiger charge is 2.16. The number of nitrogens with one attached hydrogen (secondary N) is 1. The molecule has 0 unspecified atom stereocenters. The standard InChI is InChI=1S/C14H15N3O4S/c18-17(19)13-7-3-8-14(11-13)22(20,21)16-10-4-6-12-5-1-2-9-15-12/h1-3,5,7-9,11,16H,4,6,10H2. The maximum Gasteiger partial charge on any atom is 0.270 e. The van der Waals surface area contributed by atoms with Crippen LogP contribution in [0.2, 0.25) is 0 Å². The van der Waals surface area contributed by atoms with Crippen LogP contribution < -0.4 is 4.72 Å². The number of rotatable bonds is 7. The monoisotopic (exact) mass is 321 g/mol. The van der Waals surface area contributed by atoms with Gasteiger partial charge in [0.05, 0.1) is 9.82 Å². The van der Waals surface area contributed by atoms with E-state index in [2.05, 4.69) is 9.71 Å². The van der Waals surface area contributed by atoms with Gasteiger partial charge in [0.2, 0.25) is 10.0 Å². The number of aryl methyl sites for hydroxylation is 1. The zero-order valence-electron chi connectivity index (χ0n) is 11.7. The molecular formula is C14H15N3O4S. The molecule has 2 rings (SSSR count).